The zero-order chi connectivity index (χ0) is 17.4. The zero-order valence-electron chi connectivity index (χ0n) is 14.8. The molecule has 134 valence electrons. The molecule has 0 aromatic heterocycles. The number of guanidine groups is 1. The highest BCUT2D eigenvalue weighted by Gasteiger charge is 2.29. The molecule has 2 N–H and O–H groups in total. The van der Waals surface area contributed by atoms with Crippen LogP contribution in [0, 0.1) is 5.82 Å². The number of hydrogen-bond acceptors (Lipinski definition) is 3. The lowest BCUT2D eigenvalue weighted by atomic mass is 10.0. The van der Waals surface area contributed by atoms with E-state index in [9.17, 15) is 4.39 Å². The van der Waals surface area contributed by atoms with Crippen LogP contribution in [0.15, 0.2) is 29.3 Å². The van der Waals surface area contributed by atoms with Crippen LogP contribution in [0.1, 0.15) is 33.6 Å². The van der Waals surface area contributed by atoms with E-state index in [1.165, 1.54) is 6.07 Å². The van der Waals surface area contributed by atoms with Crippen molar-refractivity contribution in [2.75, 3.05) is 26.2 Å². The van der Waals surface area contributed by atoms with E-state index in [2.05, 4.69) is 22.5 Å². The summed E-state index contributed by atoms with van der Waals surface area (Å²) in [6.07, 6.45) is 1.93. The highest BCUT2D eigenvalue weighted by Crippen LogP contribution is 2.25. The van der Waals surface area contributed by atoms with E-state index >= 15 is 0 Å². The number of nitrogens with zero attached hydrogens (tertiary/aromatic N) is 1. The van der Waals surface area contributed by atoms with Crippen molar-refractivity contribution in [1.29, 1.82) is 0 Å². The second-order valence-corrected chi connectivity index (χ2v) is 6.34. The van der Waals surface area contributed by atoms with E-state index in [1.807, 2.05) is 13.8 Å². The van der Waals surface area contributed by atoms with Gasteiger partial charge in [-0.1, -0.05) is 12.1 Å². The molecule has 1 aliphatic rings. The Labute approximate surface area is 143 Å². The molecule has 1 saturated heterocycles. The number of rotatable bonds is 7. The normalized spacial score (nSPS) is 22.2. The highest BCUT2D eigenvalue weighted by molar-refractivity contribution is 5.79. The molecule has 2 rings (SSSR count). The summed E-state index contributed by atoms with van der Waals surface area (Å²) < 4.78 is 25.0. The van der Waals surface area contributed by atoms with Crippen molar-refractivity contribution in [3.05, 3.63) is 30.1 Å². The van der Waals surface area contributed by atoms with E-state index in [-0.39, 0.29) is 23.3 Å². The first-order chi connectivity index (χ1) is 11.5. The van der Waals surface area contributed by atoms with E-state index in [0.717, 1.165) is 32.0 Å². The van der Waals surface area contributed by atoms with Crippen LogP contribution in [0.5, 0.6) is 5.75 Å². The van der Waals surface area contributed by atoms with Crippen LogP contribution in [-0.2, 0) is 4.74 Å². The highest BCUT2D eigenvalue weighted by atomic mass is 19.1. The molecule has 1 aromatic carbocycles. The summed E-state index contributed by atoms with van der Waals surface area (Å²) >= 11 is 0. The third kappa shape index (κ3) is 5.67. The van der Waals surface area contributed by atoms with Crippen LogP contribution >= 0.6 is 0 Å². The van der Waals surface area contributed by atoms with Crippen molar-refractivity contribution < 1.29 is 13.9 Å². The Morgan fingerprint density at radius 1 is 1.42 bits per heavy atom. The molecular weight excluding hydrogens is 309 g/mol. The lowest BCUT2D eigenvalue weighted by Gasteiger charge is -2.22. The van der Waals surface area contributed by atoms with Gasteiger partial charge in [0.05, 0.1) is 18.7 Å². The molecule has 1 fully saturated rings. The first kappa shape index (κ1) is 18.5. The number of nitrogens with one attached hydrogen (secondary N) is 2. The molecule has 1 aromatic rings. The van der Waals surface area contributed by atoms with Gasteiger partial charge in [0.25, 0.3) is 0 Å². The van der Waals surface area contributed by atoms with Gasteiger partial charge in [0.1, 0.15) is 6.10 Å². The molecule has 0 bridgehead atoms. The summed E-state index contributed by atoms with van der Waals surface area (Å²) in [7, 11) is 0. The second-order valence-electron chi connectivity index (χ2n) is 6.34. The van der Waals surface area contributed by atoms with Crippen molar-refractivity contribution in [2.45, 2.75) is 45.3 Å². The lowest BCUT2D eigenvalue weighted by molar-refractivity contribution is 0.0283. The number of aliphatic imine (C=N–C) groups is 1. The second kappa shape index (κ2) is 8.87. The van der Waals surface area contributed by atoms with E-state index in [4.69, 9.17) is 9.47 Å². The Kier molecular flexibility index (Phi) is 6.85. The summed E-state index contributed by atoms with van der Waals surface area (Å²) in [5.74, 6) is 0.634. The molecule has 0 amide bonds. The topological polar surface area (TPSA) is 54.9 Å². The zero-order valence-corrected chi connectivity index (χ0v) is 14.8. The molecule has 0 saturated carbocycles. The first-order valence-corrected chi connectivity index (χ1v) is 8.60. The Hall–Kier alpha value is -1.82. The average Bonchev–Trinajstić information content (AvgIpc) is 2.99. The summed E-state index contributed by atoms with van der Waals surface area (Å²) in [6.45, 7) is 8.73. The number of hydrogen-bond donors (Lipinski definition) is 2. The van der Waals surface area contributed by atoms with E-state index in [1.54, 1.807) is 18.2 Å². The lowest BCUT2D eigenvalue weighted by Crippen LogP contribution is -2.43. The first-order valence-electron chi connectivity index (χ1n) is 8.60. The van der Waals surface area contributed by atoms with Crippen LogP contribution < -0.4 is 15.4 Å². The quantitative estimate of drug-likeness (QED) is 0.593. The third-order valence-corrected chi connectivity index (χ3v) is 3.94. The monoisotopic (exact) mass is 337 g/mol. The minimum absolute atomic E-state index is 0.169. The third-order valence-electron chi connectivity index (χ3n) is 3.94. The molecule has 1 aliphatic heterocycles. The minimum atomic E-state index is -0.351. The largest absolute Gasteiger partial charge is 0.486 e. The molecule has 2 unspecified atom stereocenters. The molecule has 0 aliphatic carbocycles. The van der Waals surface area contributed by atoms with Gasteiger partial charge < -0.3 is 20.1 Å². The van der Waals surface area contributed by atoms with Crippen LogP contribution in [-0.4, -0.2) is 43.9 Å². The molecule has 5 nitrogen and oxygen atoms in total. The molecule has 6 heteroatoms. The van der Waals surface area contributed by atoms with Crippen molar-refractivity contribution >= 4 is 5.96 Å². The molecule has 0 radical (unpaired) electrons. The molecule has 1 heterocycles. The number of benzene rings is 1. The van der Waals surface area contributed by atoms with Crippen molar-refractivity contribution in [3.63, 3.8) is 0 Å². The Bertz CT molecular complexity index is 545. The Morgan fingerprint density at radius 2 is 2.21 bits per heavy atom. The van der Waals surface area contributed by atoms with Crippen molar-refractivity contribution in [2.24, 2.45) is 4.99 Å². The Balaban J connectivity index is 1.85. The summed E-state index contributed by atoms with van der Waals surface area (Å²) in [4.78, 5) is 4.60. The van der Waals surface area contributed by atoms with Crippen LogP contribution in [0.4, 0.5) is 4.39 Å². The predicted molar refractivity (Wildman–Crippen MR) is 94.1 cm³/mol. The smallest absolute Gasteiger partial charge is 0.191 e. The molecular formula is C18H28FN3O2. The fourth-order valence-electron chi connectivity index (χ4n) is 2.59. The SMILES string of the molecule is CCNC(=NCC1(C)CCCO1)NCC(C)Oc1ccccc1F. The van der Waals surface area contributed by atoms with Gasteiger partial charge in [0.2, 0.25) is 0 Å². The summed E-state index contributed by atoms with van der Waals surface area (Å²) in [5, 5.41) is 6.45. The standard InChI is InChI=1S/C18H28FN3O2/c1-4-20-17(22-13-18(3)10-7-11-23-18)21-12-14(2)24-16-9-6-5-8-15(16)19/h5-6,8-9,14H,4,7,10-13H2,1-3H3,(H2,20,21,22). The maximum absolute atomic E-state index is 13.6. The van der Waals surface area contributed by atoms with E-state index < -0.39 is 0 Å². The van der Waals surface area contributed by atoms with Gasteiger partial charge in [-0.2, -0.15) is 0 Å². The Morgan fingerprint density at radius 3 is 2.88 bits per heavy atom. The van der Waals surface area contributed by atoms with Gasteiger partial charge in [-0.15, -0.1) is 0 Å². The van der Waals surface area contributed by atoms with Gasteiger partial charge in [0, 0.05) is 13.2 Å². The van der Waals surface area contributed by atoms with Crippen molar-refractivity contribution in [1.82, 2.24) is 10.6 Å². The average molecular weight is 337 g/mol. The number of para-hydroxylation sites is 1. The fourth-order valence-corrected chi connectivity index (χ4v) is 2.59. The number of ether oxygens (including phenoxy) is 2. The predicted octanol–water partition coefficient (Wildman–Crippen LogP) is 2.72. The molecule has 24 heavy (non-hydrogen) atoms. The molecule has 2 atom stereocenters. The van der Waals surface area contributed by atoms with Gasteiger partial charge in [-0.25, -0.2) is 4.39 Å². The summed E-state index contributed by atoms with van der Waals surface area (Å²) in [6, 6.07) is 6.42. The minimum Gasteiger partial charge on any atom is -0.486 e. The summed E-state index contributed by atoms with van der Waals surface area (Å²) in [5.41, 5.74) is -0.169. The van der Waals surface area contributed by atoms with Gasteiger partial charge in [-0.3, -0.25) is 4.99 Å². The van der Waals surface area contributed by atoms with Crippen LogP contribution in [0.3, 0.4) is 0 Å². The van der Waals surface area contributed by atoms with Crippen LogP contribution in [0.2, 0.25) is 0 Å². The van der Waals surface area contributed by atoms with Gasteiger partial charge in [-0.05, 0) is 45.7 Å². The van der Waals surface area contributed by atoms with Crippen LogP contribution in [0.25, 0.3) is 0 Å². The maximum atomic E-state index is 13.6. The maximum Gasteiger partial charge on any atom is 0.191 e. The fraction of sp³-hybridized carbons (Fsp3) is 0.611. The van der Waals surface area contributed by atoms with Gasteiger partial charge in [0.15, 0.2) is 17.5 Å². The van der Waals surface area contributed by atoms with E-state index in [0.29, 0.717) is 13.1 Å². The number of halogens is 1. The molecule has 0 spiro atoms. The van der Waals surface area contributed by atoms with Crippen molar-refractivity contribution in [3.8, 4) is 5.75 Å². The van der Waals surface area contributed by atoms with Gasteiger partial charge >= 0.3 is 0 Å².